The minimum atomic E-state index is -0.0398. The van der Waals surface area contributed by atoms with Crippen LogP contribution in [0.25, 0.3) is 33.3 Å². The molecule has 0 amide bonds. The van der Waals surface area contributed by atoms with E-state index in [4.69, 9.17) is 10.8 Å². The molecule has 7 nitrogen and oxygen atoms in total. The second-order valence-electron chi connectivity index (χ2n) is 18.0. The maximum absolute atomic E-state index is 6.29. The van der Waals surface area contributed by atoms with Crippen LogP contribution in [0.2, 0.25) is 0 Å². The van der Waals surface area contributed by atoms with E-state index in [1.54, 1.807) is 0 Å². The van der Waals surface area contributed by atoms with Gasteiger partial charge in [-0.2, -0.15) is 5.10 Å². The summed E-state index contributed by atoms with van der Waals surface area (Å²) in [5.41, 5.74) is 21.6. The molecule has 7 heteroatoms. The third-order valence-corrected chi connectivity index (χ3v) is 12.6. The van der Waals surface area contributed by atoms with Gasteiger partial charge in [0.2, 0.25) is 0 Å². The molecular weight excluding hydrogens is 699 g/mol. The highest BCUT2D eigenvalue weighted by molar-refractivity contribution is 5.95. The molecule has 0 radical (unpaired) electrons. The molecule has 4 aromatic rings. The Labute approximate surface area is 347 Å². The van der Waals surface area contributed by atoms with Crippen LogP contribution < -0.4 is 11.2 Å². The van der Waals surface area contributed by atoms with Gasteiger partial charge in [0.1, 0.15) is 0 Å². The molecule has 57 heavy (non-hydrogen) atoms. The van der Waals surface area contributed by atoms with Crippen LogP contribution in [0.5, 0.6) is 0 Å². The number of likely N-dealkylation sites (tertiary alicyclic amines) is 1. The fourth-order valence-corrected chi connectivity index (χ4v) is 9.28. The highest BCUT2D eigenvalue weighted by Gasteiger charge is 2.34. The first-order valence-electron chi connectivity index (χ1n) is 22.9. The number of hydrazine groups is 1. The number of nitrogens with one attached hydrogen (secondary N) is 1. The van der Waals surface area contributed by atoms with Crippen LogP contribution in [0.1, 0.15) is 148 Å². The molecular formula is C50H79N7. The topological polar surface area (TPSA) is 67.3 Å². The van der Waals surface area contributed by atoms with Gasteiger partial charge in [-0.15, -0.1) is 6.58 Å². The normalized spacial score (nSPS) is 18.1. The highest BCUT2D eigenvalue weighted by atomic mass is 15.5. The molecule has 4 heterocycles. The van der Waals surface area contributed by atoms with Crippen LogP contribution in [0.3, 0.4) is 0 Å². The number of fused-ring (bicyclic) bond motifs is 1. The summed E-state index contributed by atoms with van der Waals surface area (Å²) in [6, 6.07) is 15.4. The lowest BCUT2D eigenvalue weighted by Crippen LogP contribution is -2.39. The molecule has 0 bridgehead atoms. The lowest BCUT2D eigenvalue weighted by molar-refractivity contribution is 0.172. The first-order valence-corrected chi connectivity index (χ1v) is 22.9. The van der Waals surface area contributed by atoms with Crippen molar-refractivity contribution in [2.75, 3.05) is 33.2 Å². The van der Waals surface area contributed by atoms with E-state index in [0.717, 1.165) is 38.4 Å². The summed E-state index contributed by atoms with van der Waals surface area (Å²) in [6.45, 7) is 30.1. The quantitative estimate of drug-likeness (QED) is 0.125. The number of aromatic nitrogens is 3. The van der Waals surface area contributed by atoms with Gasteiger partial charge < -0.3 is 15.2 Å². The third-order valence-electron chi connectivity index (χ3n) is 12.6. The van der Waals surface area contributed by atoms with Gasteiger partial charge >= 0.3 is 0 Å². The van der Waals surface area contributed by atoms with E-state index in [0.29, 0.717) is 12.0 Å². The summed E-state index contributed by atoms with van der Waals surface area (Å²) in [6.07, 6.45) is 17.5. The van der Waals surface area contributed by atoms with Crippen molar-refractivity contribution in [1.82, 2.24) is 29.7 Å². The van der Waals surface area contributed by atoms with Crippen LogP contribution in [0.4, 0.5) is 0 Å². The number of piperidine rings is 1. The smallest absolute Gasteiger partial charge is 0.0746 e. The Morgan fingerprint density at radius 1 is 0.965 bits per heavy atom. The molecule has 2 unspecified atom stereocenters. The number of hydrogen-bond donors (Lipinski definition) is 2. The summed E-state index contributed by atoms with van der Waals surface area (Å²) >= 11 is 0. The van der Waals surface area contributed by atoms with Crippen molar-refractivity contribution >= 4 is 10.9 Å². The van der Waals surface area contributed by atoms with Gasteiger partial charge in [0.25, 0.3) is 0 Å². The first kappa shape index (κ1) is 44.9. The zero-order chi connectivity index (χ0) is 41.3. The lowest BCUT2D eigenvalue weighted by atomic mass is 9.80. The van der Waals surface area contributed by atoms with E-state index in [-0.39, 0.29) is 11.5 Å². The van der Waals surface area contributed by atoms with E-state index < -0.39 is 0 Å². The number of hydrogen-bond acceptors (Lipinski definition) is 5. The molecule has 2 saturated heterocycles. The van der Waals surface area contributed by atoms with Crippen molar-refractivity contribution < 1.29 is 0 Å². The van der Waals surface area contributed by atoms with Crippen molar-refractivity contribution in [2.45, 2.75) is 164 Å². The molecule has 1 saturated carbocycles. The molecule has 314 valence electrons. The standard InChI is InChI=1S/C43H61N5.C5H12N2.C2H6/c1-9-19-43(7,8)27-38-37-26-32(33-23-29(5)22-31(24-33)25-34(44)11-3)13-16-40(37)47(12-4)42(38)39-28-48(45-41(39)30(6)10-2)36-17-20-46(21-18-36)35-14-15-35;1-7-5-3-2-4-6-7;1-2/h11,13,16,22-24,26,28,30,34-36H,3,9-10,12,14-15,17-21,25,27,44H2,1-2,4-8H3;6H,2-5H2,1H3;1-2H3. The largest absolute Gasteiger partial charge is 0.340 e. The zero-order valence-corrected chi connectivity index (χ0v) is 37.8. The third kappa shape index (κ3) is 11.3. The molecule has 1 aliphatic carbocycles. The minimum absolute atomic E-state index is 0.0398. The molecule has 7 rings (SSSR count). The fraction of sp³-hybridized carbons (Fsp3) is 0.620. The molecule has 2 atom stereocenters. The van der Waals surface area contributed by atoms with Crippen molar-refractivity contribution in [3.8, 4) is 22.4 Å². The molecule has 3 fully saturated rings. The summed E-state index contributed by atoms with van der Waals surface area (Å²) in [5.74, 6) is 0.399. The van der Waals surface area contributed by atoms with Crippen LogP contribution in [-0.2, 0) is 19.4 Å². The average Bonchev–Trinajstić information content (AvgIpc) is 3.91. The van der Waals surface area contributed by atoms with Gasteiger partial charge in [0.15, 0.2) is 0 Å². The maximum Gasteiger partial charge on any atom is 0.0746 e. The first-order chi connectivity index (χ1) is 27.4. The SMILES string of the molecule is C=CC(N)Cc1cc(C)cc(-c2ccc3c(c2)c(CC(C)(C)CCC)c(-c2cn(C4CCN(C5CC5)CC4)nc2C(C)CC)n3CC)c1.CC.CN1CCCCN1. The molecule has 2 aromatic heterocycles. The van der Waals surface area contributed by atoms with Gasteiger partial charge in [0.05, 0.1) is 17.4 Å². The molecule has 3 aliphatic rings. The van der Waals surface area contributed by atoms with Gasteiger partial charge in [-0.25, -0.2) is 5.01 Å². The van der Waals surface area contributed by atoms with Crippen LogP contribution in [0.15, 0.2) is 55.3 Å². The van der Waals surface area contributed by atoms with Gasteiger partial charge in [-0.1, -0.05) is 90.8 Å². The van der Waals surface area contributed by atoms with Gasteiger partial charge in [-0.05, 0) is 118 Å². The van der Waals surface area contributed by atoms with Crippen LogP contribution in [0, 0.1) is 12.3 Å². The Morgan fingerprint density at radius 2 is 1.70 bits per heavy atom. The number of nitrogens with two attached hydrogens (primary N) is 1. The second-order valence-corrected chi connectivity index (χ2v) is 18.0. The van der Waals surface area contributed by atoms with Crippen LogP contribution >= 0.6 is 0 Å². The molecule has 2 aliphatic heterocycles. The number of nitrogens with zero attached hydrogens (tertiary/aromatic N) is 5. The zero-order valence-electron chi connectivity index (χ0n) is 37.8. The summed E-state index contributed by atoms with van der Waals surface area (Å²) in [5, 5.41) is 9.00. The Kier molecular flexibility index (Phi) is 16.2. The minimum Gasteiger partial charge on any atom is -0.340 e. The summed E-state index contributed by atoms with van der Waals surface area (Å²) in [4.78, 5) is 2.72. The Morgan fingerprint density at radius 3 is 2.28 bits per heavy atom. The average molecular weight is 778 g/mol. The predicted molar refractivity (Wildman–Crippen MR) is 246 cm³/mol. The van der Waals surface area contributed by atoms with Crippen molar-refractivity contribution in [3.63, 3.8) is 0 Å². The van der Waals surface area contributed by atoms with E-state index in [1.165, 1.54) is 127 Å². The van der Waals surface area contributed by atoms with E-state index in [1.807, 2.05) is 19.9 Å². The number of aryl methyl sites for hydroxylation is 2. The maximum atomic E-state index is 6.29. The van der Waals surface area contributed by atoms with Gasteiger partial charge in [-0.3, -0.25) is 10.1 Å². The number of benzene rings is 2. The molecule has 0 spiro atoms. The summed E-state index contributed by atoms with van der Waals surface area (Å²) in [7, 11) is 2.08. The lowest BCUT2D eigenvalue weighted by Gasteiger charge is -2.32. The fourth-order valence-electron chi connectivity index (χ4n) is 9.28. The molecule has 3 N–H and O–H groups in total. The van der Waals surface area contributed by atoms with Crippen molar-refractivity contribution in [1.29, 1.82) is 0 Å². The van der Waals surface area contributed by atoms with Crippen molar-refractivity contribution in [3.05, 3.63) is 77.6 Å². The number of rotatable bonds is 14. The monoisotopic (exact) mass is 778 g/mol. The van der Waals surface area contributed by atoms with E-state index in [9.17, 15) is 0 Å². The van der Waals surface area contributed by atoms with Gasteiger partial charge in [0, 0.05) is 80.4 Å². The van der Waals surface area contributed by atoms with Crippen molar-refractivity contribution in [2.24, 2.45) is 11.1 Å². The Balaban J connectivity index is 0.000000615. The highest BCUT2D eigenvalue weighted by Crippen LogP contribution is 2.44. The Hall–Kier alpha value is -3.23. The van der Waals surface area contributed by atoms with E-state index in [2.05, 4.69) is 129 Å². The summed E-state index contributed by atoms with van der Waals surface area (Å²) < 4.78 is 4.98. The predicted octanol–water partition coefficient (Wildman–Crippen LogP) is 11.5. The Bertz CT molecular complexity index is 1860. The van der Waals surface area contributed by atoms with E-state index >= 15 is 0 Å². The second kappa shape index (κ2) is 20.6. The van der Waals surface area contributed by atoms with Crippen LogP contribution in [-0.4, -0.2) is 69.6 Å². The molecule has 2 aromatic carbocycles.